The van der Waals surface area contributed by atoms with Gasteiger partial charge < -0.3 is 4.74 Å². The van der Waals surface area contributed by atoms with Crippen LogP contribution in [-0.2, 0) is 19.1 Å². The van der Waals surface area contributed by atoms with Crippen LogP contribution in [0.25, 0.3) is 5.69 Å². The van der Waals surface area contributed by atoms with Crippen LogP contribution in [0, 0.1) is 11.8 Å². The summed E-state index contributed by atoms with van der Waals surface area (Å²) in [4.78, 5) is 39.6. The minimum absolute atomic E-state index is 0.281. The van der Waals surface area contributed by atoms with E-state index >= 15 is 0 Å². The third-order valence-corrected chi connectivity index (χ3v) is 5.98. The van der Waals surface area contributed by atoms with Crippen molar-refractivity contribution in [3.63, 3.8) is 0 Å². The lowest BCUT2D eigenvalue weighted by Crippen LogP contribution is -2.55. The fourth-order valence-corrected chi connectivity index (χ4v) is 4.55. The van der Waals surface area contributed by atoms with Crippen molar-refractivity contribution in [2.45, 2.75) is 24.9 Å². The van der Waals surface area contributed by atoms with Crippen LogP contribution in [0.3, 0.4) is 0 Å². The lowest BCUT2D eigenvalue weighted by molar-refractivity contribution is -0.154. The molecule has 0 unspecified atom stereocenters. The smallest absolute Gasteiger partial charge is 0.326 e. The lowest BCUT2D eigenvalue weighted by atomic mass is 9.78. The molecule has 0 radical (unpaired) electrons. The van der Waals surface area contributed by atoms with Gasteiger partial charge in [-0.25, -0.2) is 4.68 Å². The van der Waals surface area contributed by atoms with Gasteiger partial charge in [-0.05, 0) is 30.2 Å². The highest BCUT2D eigenvalue weighted by Gasteiger charge is 2.67. The third kappa shape index (κ3) is 2.41. The lowest BCUT2D eigenvalue weighted by Gasteiger charge is -2.30. The maximum atomic E-state index is 12.9. The zero-order chi connectivity index (χ0) is 20.1. The van der Waals surface area contributed by atoms with Crippen molar-refractivity contribution >= 4 is 17.8 Å². The highest BCUT2D eigenvalue weighted by molar-refractivity contribution is 6.09. The van der Waals surface area contributed by atoms with Crippen LogP contribution in [0.4, 0.5) is 0 Å². The Morgan fingerprint density at radius 2 is 2.07 bits per heavy atom. The van der Waals surface area contributed by atoms with Gasteiger partial charge in [0, 0.05) is 25.5 Å². The number of likely N-dealkylation sites (tertiary alicyclic amines) is 1. The number of esters is 1. The molecule has 8 nitrogen and oxygen atoms in total. The molecule has 0 aliphatic carbocycles. The molecule has 146 valence electrons. The van der Waals surface area contributed by atoms with Crippen LogP contribution in [0.1, 0.15) is 24.9 Å². The summed E-state index contributed by atoms with van der Waals surface area (Å²) in [5.74, 6) is -2.60. The quantitative estimate of drug-likeness (QED) is 0.628. The van der Waals surface area contributed by atoms with Gasteiger partial charge in [-0.2, -0.15) is 5.10 Å². The number of aromatic nitrogens is 2. The molecule has 4 atom stereocenters. The first-order valence-electron chi connectivity index (χ1n) is 9.22. The number of fused-ring (bicyclic) bond motifs is 1. The molecule has 1 aromatic heterocycles. The van der Waals surface area contributed by atoms with Crippen molar-refractivity contribution < 1.29 is 19.1 Å². The number of imide groups is 1. The SMILES string of the molecule is CC[C@]1(C(=O)OC)N[C@@H](c2cccc(-n3cccn3)c2)[C@H]2C(=O)N(C)C(=O)[C@H]21. The van der Waals surface area contributed by atoms with Gasteiger partial charge in [0.2, 0.25) is 11.8 Å². The first kappa shape index (κ1) is 18.4. The normalized spacial score (nSPS) is 29.2. The second-order valence-corrected chi connectivity index (χ2v) is 7.22. The predicted molar refractivity (Wildman–Crippen MR) is 99.2 cm³/mol. The topological polar surface area (TPSA) is 93.5 Å². The maximum absolute atomic E-state index is 12.9. The van der Waals surface area contributed by atoms with Gasteiger partial charge in [-0.15, -0.1) is 0 Å². The molecule has 1 N–H and O–H groups in total. The van der Waals surface area contributed by atoms with Gasteiger partial charge >= 0.3 is 5.97 Å². The summed E-state index contributed by atoms with van der Waals surface area (Å²) in [5, 5.41) is 7.54. The van der Waals surface area contributed by atoms with Crippen molar-refractivity contribution in [3.8, 4) is 5.69 Å². The van der Waals surface area contributed by atoms with E-state index in [0.29, 0.717) is 6.42 Å². The Kier molecular flexibility index (Phi) is 4.30. The molecule has 3 heterocycles. The highest BCUT2D eigenvalue weighted by atomic mass is 16.5. The number of methoxy groups -OCH3 is 1. The summed E-state index contributed by atoms with van der Waals surface area (Å²) >= 11 is 0. The van der Waals surface area contributed by atoms with Crippen LogP contribution < -0.4 is 5.32 Å². The standard InChI is InChI=1S/C20H22N4O4/c1-4-20(19(27)28-3)15-14(17(25)23(2)18(15)26)16(22-20)12-7-5-8-13(11-12)24-10-6-9-21-24/h5-11,14-16,22H,4H2,1-3H3/t14-,15-,16-,20-/m0/s1. The Hall–Kier alpha value is -3.00. The average molecular weight is 382 g/mol. The van der Waals surface area contributed by atoms with Gasteiger partial charge in [0.25, 0.3) is 0 Å². The van der Waals surface area contributed by atoms with Crippen molar-refractivity contribution in [3.05, 3.63) is 48.3 Å². The molecular formula is C20H22N4O4. The number of benzene rings is 1. The van der Waals surface area contributed by atoms with Gasteiger partial charge in [0.1, 0.15) is 5.54 Å². The maximum Gasteiger partial charge on any atom is 0.326 e. The molecule has 2 fully saturated rings. The summed E-state index contributed by atoms with van der Waals surface area (Å²) < 4.78 is 6.74. The van der Waals surface area contributed by atoms with Gasteiger partial charge in [0.15, 0.2) is 0 Å². The van der Waals surface area contributed by atoms with Gasteiger partial charge in [-0.3, -0.25) is 24.6 Å². The first-order chi connectivity index (χ1) is 13.4. The minimum Gasteiger partial charge on any atom is -0.468 e. The molecule has 0 bridgehead atoms. The molecule has 2 saturated heterocycles. The van der Waals surface area contributed by atoms with Crippen molar-refractivity contribution in [1.82, 2.24) is 20.0 Å². The second-order valence-electron chi connectivity index (χ2n) is 7.22. The van der Waals surface area contributed by atoms with E-state index in [9.17, 15) is 14.4 Å². The van der Waals surface area contributed by atoms with E-state index in [-0.39, 0.29) is 11.8 Å². The Morgan fingerprint density at radius 1 is 1.29 bits per heavy atom. The molecule has 2 aliphatic rings. The third-order valence-electron chi connectivity index (χ3n) is 5.98. The molecular weight excluding hydrogens is 360 g/mol. The minimum atomic E-state index is -1.23. The number of rotatable bonds is 4. The summed E-state index contributed by atoms with van der Waals surface area (Å²) in [6.45, 7) is 1.82. The largest absolute Gasteiger partial charge is 0.468 e. The highest BCUT2D eigenvalue weighted by Crippen LogP contribution is 2.50. The first-order valence-corrected chi connectivity index (χ1v) is 9.22. The van der Waals surface area contributed by atoms with Crippen LogP contribution >= 0.6 is 0 Å². The molecule has 0 spiro atoms. The van der Waals surface area contributed by atoms with Gasteiger partial charge in [0.05, 0.1) is 24.6 Å². The molecule has 2 aliphatic heterocycles. The molecule has 2 amide bonds. The second kappa shape index (κ2) is 6.56. The van der Waals surface area contributed by atoms with E-state index in [0.717, 1.165) is 16.2 Å². The summed E-state index contributed by atoms with van der Waals surface area (Å²) in [7, 11) is 2.77. The van der Waals surface area contributed by atoms with Crippen LogP contribution in [-0.4, -0.2) is 52.2 Å². The monoisotopic (exact) mass is 382 g/mol. The van der Waals surface area contributed by atoms with E-state index in [1.807, 2.05) is 43.5 Å². The Bertz CT molecular complexity index is 941. The summed E-state index contributed by atoms with van der Waals surface area (Å²) in [6.07, 6.45) is 3.85. The number of carbonyl (C=O) groups is 3. The summed E-state index contributed by atoms with van der Waals surface area (Å²) in [6, 6.07) is 8.93. The molecule has 28 heavy (non-hydrogen) atoms. The number of ether oxygens (including phenoxy) is 1. The van der Waals surface area contributed by atoms with Crippen molar-refractivity contribution in [1.29, 1.82) is 0 Å². The zero-order valence-electron chi connectivity index (χ0n) is 16.0. The molecule has 8 heteroatoms. The van der Waals surface area contributed by atoms with E-state index in [4.69, 9.17) is 4.74 Å². The van der Waals surface area contributed by atoms with Crippen molar-refractivity contribution in [2.75, 3.05) is 14.2 Å². The molecule has 2 aromatic rings. The van der Waals surface area contributed by atoms with Crippen LogP contribution in [0.5, 0.6) is 0 Å². The Labute approximate surface area is 162 Å². The number of hydrogen-bond donors (Lipinski definition) is 1. The van der Waals surface area contributed by atoms with E-state index in [1.54, 1.807) is 10.9 Å². The Morgan fingerprint density at radius 3 is 2.71 bits per heavy atom. The Balaban J connectivity index is 1.82. The fourth-order valence-electron chi connectivity index (χ4n) is 4.55. The number of amides is 2. The molecule has 1 aromatic carbocycles. The zero-order valence-corrected chi connectivity index (χ0v) is 16.0. The number of hydrogen-bond acceptors (Lipinski definition) is 6. The van der Waals surface area contributed by atoms with E-state index < -0.39 is 29.4 Å². The van der Waals surface area contributed by atoms with E-state index in [1.165, 1.54) is 14.2 Å². The fraction of sp³-hybridized carbons (Fsp3) is 0.400. The van der Waals surface area contributed by atoms with E-state index in [2.05, 4.69) is 10.4 Å². The molecule has 4 rings (SSSR count). The number of carbonyl (C=O) groups excluding carboxylic acids is 3. The van der Waals surface area contributed by atoms with Crippen molar-refractivity contribution in [2.24, 2.45) is 11.8 Å². The van der Waals surface area contributed by atoms with Crippen LogP contribution in [0.2, 0.25) is 0 Å². The summed E-state index contributed by atoms with van der Waals surface area (Å²) in [5.41, 5.74) is 0.417. The van der Waals surface area contributed by atoms with Crippen LogP contribution in [0.15, 0.2) is 42.7 Å². The average Bonchev–Trinajstić information content (AvgIpc) is 3.42. The number of nitrogens with one attached hydrogen (secondary N) is 1. The van der Waals surface area contributed by atoms with Gasteiger partial charge in [-0.1, -0.05) is 19.1 Å². The predicted octanol–water partition coefficient (Wildman–Crippen LogP) is 1.07. The molecule has 0 saturated carbocycles. The number of nitrogens with zero attached hydrogens (tertiary/aromatic N) is 3.